The molecule has 2 rings (SSSR count). The number of hydrogen-bond donors (Lipinski definition) is 2. The van der Waals surface area contributed by atoms with Crippen LogP contribution in [-0.4, -0.2) is 34.6 Å². The van der Waals surface area contributed by atoms with Gasteiger partial charge in [-0.15, -0.1) is 0 Å². The molecule has 5 heteroatoms. The minimum absolute atomic E-state index is 0.149. The second-order valence-corrected chi connectivity index (χ2v) is 5.50. The first-order chi connectivity index (χ1) is 8.39. The van der Waals surface area contributed by atoms with Crippen LogP contribution >= 0.6 is 11.6 Å². The van der Waals surface area contributed by atoms with Gasteiger partial charge in [0.05, 0.1) is 11.2 Å². The number of carbonyl (C=O) groups is 1. The van der Waals surface area contributed by atoms with Gasteiger partial charge >= 0.3 is 0 Å². The van der Waals surface area contributed by atoms with Crippen molar-refractivity contribution in [3.8, 4) is 0 Å². The summed E-state index contributed by atoms with van der Waals surface area (Å²) in [6.07, 6.45) is 1.51. The molecule has 4 nitrogen and oxygen atoms in total. The Morgan fingerprint density at radius 2 is 2.28 bits per heavy atom. The quantitative estimate of drug-likeness (QED) is 0.765. The topological polar surface area (TPSA) is 66.6 Å². The Hall–Kier alpha value is -1.26. The van der Waals surface area contributed by atoms with Crippen molar-refractivity contribution in [3.63, 3.8) is 0 Å². The first kappa shape index (κ1) is 13.2. The maximum atomic E-state index is 12.3. The monoisotopic (exact) mass is 268 g/mol. The van der Waals surface area contributed by atoms with Crippen LogP contribution in [-0.2, 0) is 0 Å². The van der Waals surface area contributed by atoms with E-state index >= 15 is 0 Å². The maximum Gasteiger partial charge on any atom is 0.256 e. The lowest BCUT2D eigenvalue weighted by molar-refractivity contribution is -0.0107. The van der Waals surface area contributed by atoms with Crippen molar-refractivity contribution in [2.24, 2.45) is 0 Å². The SMILES string of the molecule is CC1(O)CCCN(C(=O)c2ccc(Cl)cc2N)C1. The van der Waals surface area contributed by atoms with Crippen LogP contribution in [0.2, 0.25) is 5.02 Å². The number of likely N-dealkylation sites (tertiary alicyclic amines) is 1. The Balaban J connectivity index is 2.20. The van der Waals surface area contributed by atoms with Crippen LogP contribution < -0.4 is 5.73 Å². The van der Waals surface area contributed by atoms with Gasteiger partial charge in [-0.1, -0.05) is 11.6 Å². The number of piperidine rings is 1. The third kappa shape index (κ3) is 2.76. The van der Waals surface area contributed by atoms with E-state index in [1.807, 2.05) is 0 Å². The summed E-state index contributed by atoms with van der Waals surface area (Å²) in [7, 11) is 0. The predicted octanol–water partition coefficient (Wildman–Crippen LogP) is 1.91. The fourth-order valence-electron chi connectivity index (χ4n) is 2.29. The largest absolute Gasteiger partial charge is 0.398 e. The molecular weight excluding hydrogens is 252 g/mol. The van der Waals surface area contributed by atoms with Crippen molar-refractivity contribution < 1.29 is 9.90 Å². The molecule has 0 radical (unpaired) electrons. The zero-order valence-electron chi connectivity index (χ0n) is 10.3. The van der Waals surface area contributed by atoms with E-state index in [1.54, 1.807) is 30.0 Å². The van der Waals surface area contributed by atoms with Gasteiger partial charge in [0.2, 0.25) is 0 Å². The molecular formula is C13H17ClN2O2. The van der Waals surface area contributed by atoms with E-state index < -0.39 is 5.60 Å². The van der Waals surface area contributed by atoms with Gasteiger partial charge in [-0.3, -0.25) is 4.79 Å². The van der Waals surface area contributed by atoms with Crippen molar-refractivity contribution in [3.05, 3.63) is 28.8 Å². The number of benzene rings is 1. The molecule has 1 aromatic rings. The van der Waals surface area contributed by atoms with E-state index in [0.29, 0.717) is 35.8 Å². The van der Waals surface area contributed by atoms with Crippen LogP contribution in [0.3, 0.4) is 0 Å². The molecule has 0 aromatic heterocycles. The van der Waals surface area contributed by atoms with Crippen molar-refractivity contribution in [1.82, 2.24) is 4.90 Å². The fourth-order valence-corrected chi connectivity index (χ4v) is 2.47. The fraction of sp³-hybridized carbons (Fsp3) is 0.462. The number of nitrogen functional groups attached to an aromatic ring is 1. The smallest absolute Gasteiger partial charge is 0.256 e. The minimum atomic E-state index is -0.810. The van der Waals surface area contributed by atoms with Crippen LogP contribution in [0.25, 0.3) is 0 Å². The number of anilines is 1. The van der Waals surface area contributed by atoms with Gasteiger partial charge in [0.1, 0.15) is 0 Å². The van der Waals surface area contributed by atoms with E-state index in [1.165, 1.54) is 0 Å². The van der Waals surface area contributed by atoms with E-state index in [4.69, 9.17) is 17.3 Å². The molecule has 1 aromatic carbocycles. The Kier molecular flexibility index (Phi) is 3.50. The van der Waals surface area contributed by atoms with Crippen molar-refractivity contribution in [2.45, 2.75) is 25.4 Å². The standard InChI is InChI=1S/C13H17ClN2O2/c1-13(18)5-2-6-16(8-13)12(17)10-4-3-9(14)7-11(10)15/h3-4,7,18H,2,5-6,8,15H2,1H3. The Morgan fingerprint density at radius 3 is 2.89 bits per heavy atom. The summed E-state index contributed by atoms with van der Waals surface area (Å²) >= 11 is 5.81. The van der Waals surface area contributed by atoms with Gasteiger partial charge in [-0.25, -0.2) is 0 Å². The van der Waals surface area contributed by atoms with Crippen molar-refractivity contribution in [2.75, 3.05) is 18.8 Å². The number of β-amino-alcohol motifs (C(OH)–C–C–N with tert-alkyl or cyclic N) is 1. The van der Waals surface area contributed by atoms with E-state index in [2.05, 4.69) is 0 Å². The van der Waals surface area contributed by atoms with Gasteiger partial charge < -0.3 is 15.7 Å². The predicted molar refractivity (Wildman–Crippen MR) is 71.6 cm³/mol. The molecule has 3 N–H and O–H groups in total. The van der Waals surface area contributed by atoms with Crippen LogP contribution in [0.15, 0.2) is 18.2 Å². The van der Waals surface area contributed by atoms with E-state index in [-0.39, 0.29) is 5.91 Å². The summed E-state index contributed by atoms with van der Waals surface area (Å²) in [5, 5.41) is 10.5. The van der Waals surface area contributed by atoms with Crippen LogP contribution in [0.1, 0.15) is 30.1 Å². The average molecular weight is 269 g/mol. The van der Waals surface area contributed by atoms with Gasteiger partial charge in [0.15, 0.2) is 0 Å². The molecule has 1 fully saturated rings. The molecule has 0 bridgehead atoms. The molecule has 1 aliphatic heterocycles. The third-order valence-electron chi connectivity index (χ3n) is 3.21. The summed E-state index contributed by atoms with van der Waals surface area (Å²) in [5.74, 6) is -0.149. The third-order valence-corrected chi connectivity index (χ3v) is 3.44. The highest BCUT2D eigenvalue weighted by Crippen LogP contribution is 2.24. The average Bonchev–Trinajstić information content (AvgIpc) is 2.27. The summed E-state index contributed by atoms with van der Waals surface area (Å²) in [5.41, 5.74) is 5.81. The number of carbonyl (C=O) groups excluding carboxylic acids is 1. The number of aliphatic hydroxyl groups is 1. The summed E-state index contributed by atoms with van der Waals surface area (Å²) in [4.78, 5) is 14.0. The lowest BCUT2D eigenvalue weighted by Gasteiger charge is -2.37. The zero-order valence-corrected chi connectivity index (χ0v) is 11.1. The van der Waals surface area contributed by atoms with Gasteiger partial charge in [0.25, 0.3) is 5.91 Å². The van der Waals surface area contributed by atoms with E-state index in [0.717, 1.165) is 6.42 Å². The maximum absolute atomic E-state index is 12.3. The lowest BCUT2D eigenvalue weighted by atomic mass is 9.94. The van der Waals surface area contributed by atoms with Gasteiger partial charge in [-0.05, 0) is 38.0 Å². The molecule has 1 saturated heterocycles. The number of rotatable bonds is 1. The number of nitrogens with zero attached hydrogens (tertiary/aromatic N) is 1. The second-order valence-electron chi connectivity index (χ2n) is 5.06. The number of hydrogen-bond acceptors (Lipinski definition) is 3. The van der Waals surface area contributed by atoms with Crippen LogP contribution in [0.5, 0.6) is 0 Å². The molecule has 0 saturated carbocycles. The Bertz CT molecular complexity index is 474. The first-order valence-corrected chi connectivity index (χ1v) is 6.33. The molecule has 1 atom stereocenters. The number of nitrogens with two attached hydrogens (primary N) is 1. The Morgan fingerprint density at radius 1 is 1.56 bits per heavy atom. The van der Waals surface area contributed by atoms with Crippen molar-refractivity contribution in [1.29, 1.82) is 0 Å². The molecule has 1 aliphatic rings. The first-order valence-electron chi connectivity index (χ1n) is 5.96. The molecule has 0 aliphatic carbocycles. The molecule has 1 heterocycles. The lowest BCUT2D eigenvalue weighted by Crippen LogP contribution is -2.48. The van der Waals surface area contributed by atoms with Gasteiger partial charge in [0, 0.05) is 23.8 Å². The molecule has 1 amide bonds. The van der Waals surface area contributed by atoms with E-state index in [9.17, 15) is 9.90 Å². The number of halogens is 1. The van der Waals surface area contributed by atoms with Crippen LogP contribution in [0.4, 0.5) is 5.69 Å². The summed E-state index contributed by atoms with van der Waals surface area (Å²) in [6, 6.07) is 4.84. The highest BCUT2D eigenvalue weighted by Gasteiger charge is 2.31. The molecule has 18 heavy (non-hydrogen) atoms. The van der Waals surface area contributed by atoms with Crippen LogP contribution in [0, 0.1) is 0 Å². The van der Waals surface area contributed by atoms with Crippen molar-refractivity contribution >= 4 is 23.2 Å². The zero-order chi connectivity index (χ0) is 13.3. The summed E-state index contributed by atoms with van der Waals surface area (Å²) < 4.78 is 0. The minimum Gasteiger partial charge on any atom is -0.398 e. The van der Waals surface area contributed by atoms with Gasteiger partial charge in [-0.2, -0.15) is 0 Å². The summed E-state index contributed by atoms with van der Waals surface area (Å²) in [6.45, 7) is 2.74. The Labute approximate surface area is 111 Å². The highest BCUT2D eigenvalue weighted by molar-refractivity contribution is 6.31. The molecule has 98 valence electrons. The second kappa shape index (κ2) is 4.78. The highest BCUT2D eigenvalue weighted by atomic mass is 35.5. The molecule has 0 spiro atoms. The normalized spacial score (nSPS) is 24.1. The molecule has 1 unspecified atom stereocenters. The number of amides is 1.